The Morgan fingerprint density at radius 2 is 2.37 bits per heavy atom. The molecule has 0 saturated carbocycles. The zero-order valence-electron chi connectivity index (χ0n) is 10.6. The fraction of sp³-hybridized carbons (Fsp3) is 0.417. The van der Waals surface area contributed by atoms with Crippen molar-refractivity contribution in [1.29, 1.82) is 0 Å². The molecule has 19 heavy (non-hydrogen) atoms. The molecule has 102 valence electrons. The average molecular weight is 264 g/mol. The van der Waals surface area contributed by atoms with Gasteiger partial charge in [0, 0.05) is 18.7 Å². The van der Waals surface area contributed by atoms with Gasteiger partial charge in [0.25, 0.3) is 5.69 Å². The minimum atomic E-state index is -0.446. The molecule has 0 fully saturated rings. The van der Waals surface area contributed by atoms with Crippen LogP contribution in [-0.4, -0.2) is 32.6 Å². The van der Waals surface area contributed by atoms with E-state index in [9.17, 15) is 15.2 Å². The molecule has 1 aromatic carbocycles. The molecule has 1 heterocycles. The third kappa shape index (κ3) is 3.19. The number of imidazole rings is 1. The fourth-order valence-electron chi connectivity index (χ4n) is 1.84. The summed E-state index contributed by atoms with van der Waals surface area (Å²) in [7, 11) is 0. The van der Waals surface area contributed by atoms with E-state index in [2.05, 4.69) is 15.3 Å². The quantitative estimate of drug-likeness (QED) is 0.547. The third-order valence-corrected chi connectivity index (χ3v) is 2.80. The number of nitro benzene ring substituents is 1. The first-order chi connectivity index (χ1) is 9.10. The summed E-state index contributed by atoms with van der Waals surface area (Å²) >= 11 is 0. The number of nitrogens with zero attached hydrogens (tertiary/aromatic N) is 2. The number of aromatic nitrogens is 2. The Bertz CT molecular complexity index is 581. The van der Waals surface area contributed by atoms with Crippen LogP contribution >= 0.6 is 0 Å². The number of aliphatic hydroxyl groups is 1. The monoisotopic (exact) mass is 264 g/mol. The number of nitro groups is 1. The minimum Gasteiger partial charge on any atom is -0.391 e. The van der Waals surface area contributed by atoms with Crippen LogP contribution in [0.25, 0.3) is 11.0 Å². The van der Waals surface area contributed by atoms with Crippen LogP contribution in [0.5, 0.6) is 0 Å². The highest BCUT2D eigenvalue weighted by Gasteiger charge is 2.10. The summed E-state index contributed by atoms with van der Waals surface area (Å²) in [5, 5.41) is 23.3. The number of non-ortho nitro benzene ring substituents is 1. The van der Waals surface area contributed by atoms with Gasteiger partial charge < -0.3 is 15.4 Å². The highest BCUT2D eigenvalue weighted by molar-refractivity contribution is 5.79. The van der Waals surface area contributed by atoms with Crippen molar-refractivity contribution in [3.8, 4) is 0 Å². The van der Waals surface area contributed by atoms with E-state index in [-0.39, 0.29) is 5.69 Å². The van der Waals surface area contributed by atoms with E-state index in [1.165, 1.54) is 12.1 Å². The fourth-order valence-corrected chi connectivity index (χ4v) is 1.84. The van der Waals surface area contributed by atoms with Crippen molar-refractivity contribution in [2.75, 3.05) is 11.9 Å². The number of H-pyrrole nitrogens is 1. The van der Waals surface area contributed by atoms with Crippen LogP contribution < -0.4 is 5.32 Å². The number of aliphatic hydroxyl groups excluding tert-OH is 1. The van der Waals surface area contributed by atoms with E-state index in [0.29, 0.717) is 23.5 Å². The molecule has 0 aliphatic heterocycles. The van der Waals surface area contributed by atoms with E-state index >= 15 is 0 Å². The topological polar surface area (TPSA) is 104 Å². The molecule has 1 aromatic heterocycles. The molecule has 0 spiro atoms. The molecular weight excluding hydrogens is 248 g/mol. The van der Waals surface area contributed by atoms with Crippen LogP contribution in [0.15, 0.2) is 18.2 Å². The van der Waals surface area contributed by atoms with Gasteiger partial charge in [0.1, 0.15) is 0 Å². The molecule has 0 radical (unpaired) electrons. The van der Waals surface area contributed by atoms with Crippen molar-refractivity contribution in [2.24, 2.45) is 0 Å². The first-order valence-corrected chi connectivity index (χ1v) is 6.16. The maximum atomic E-state index is 10.7. The number of nitrogens with one attached hydrogen (secondary N) is 2. The Balaban J connectivity index is 2.11. The minimum absolute atomic E-state index is 0.0220. The van der Waals surface area contributed by atoms with Crippen molar-refractivity contribution in [3.05, 3.63) is 28.3 Å². The van der Waals surface area contributed by atoms with Crippen LogP contribution in [0, 0.1) is 10.1 Å². The number of hydrogen-bond donors (Lipinski definition) is 3. The van der Waals surface area contributed by atoms with Gasteiger partial charge in [-0.25, -0.2) is 4.98 Å². The van der Waals surface area contributed by atoms with Gasteiger partial charge in [-0.3, -0.25) is 10.1 Å². The molecule has 1 unspecified atom stereocenters. The summed E-state index contributed by atoms with van der Waals surface area (Å²) in [5.74, 6) is 0.505. The third-order valence-electron chi connectivity index (χ3n) is 2.80. The molecule has 2 aromatic rings. The number of anilines is 1. The lowest BCUT2D eigenvalue weighted by molar-refractivity contribution is -0.384. The van der Waals surface area contributed by atoms with Gasteiger partial charge in [-0.1, -0.05) is 13.3 Å². The lowest BCUT2D eigenvalue weighted by Crippen LogP contribution is -2.19. The molecule has 2 rings (SSSR count). The Morgan fingerprint density at radius 3 is 3.05 bits per heavy atom. The first-order valence-electron chi connectivity index (χ1n) is 6.16. The summed E-state index contributed by atoms with van der Waals surface area (Å²) in [6.07, 6.45) is 1.21. The molecule has 0 saturated heterocycles. The molecule has 1 atom stereocenters. The smallest absolute Gasteiger partial charge is 0.271 e. The van der Waals surface area contributed by atoms with Gasteiger partial charge in [-0.15, -0.1) is 0 Å². The summed E-state index contributed by atoms with van der Waals surface area (Å²) in [6, 6.07) is 4.45. The van der Waals surface area contributed by atoms with Crippen LogP contribution in [0.1, 0.15) is 19.8 Å². The van der Waals surface area contributed by atoms with E-state index < -0.39 is 11.0 Å². The molecule has 7 heteroatoms. The highest BCUT2D eigenvalue weighted by Crippen LogP contribution is 2.20. The zero-order valence-corrected chi connectivity index (χ0v) is 10.6. The van der Waals surface area contributed by atoms with Crippen molar-refractivity contribution in [3.63, 3.8) is 0 Å². The van der Waals surface area contributed by atoms with E-state index in [1.807, 2.05) is 6.92 Å². The molecule has 0 aliphatic carbocycles. The highest BCUT2D eigenvalue weighted by atomic mass is 16.6. The zero-order chi connectivity index (χ0) is 13.8. The number of benzene rings is 1. The Kier molecular flexibility index (Phi) is 3.96. The number of hydrogen-bond acceptors (Lipinski definition) is 5. The average Bonchev–Trinajstić information content (AvgIpc) is 2.78. The molecule has 3 N–H and O–H groups in total. The van der Waals surface area contributed by atoms with Crippen molar-refractivity contribution < 1.29 is 10.0 Å². The molecule has 0 bridgehead atoms. The van der Waals surface area contributed by atoms with Gasteiger partial charge in [-0.05, 0) is 12.5 Å². The maximum absolute atomic E-state index is 10.7. The largest absolute Gasteiger partial charge is 0.391 e. The van der Waals surface area contributed by atoms with E-state index in [1.54, 1.807) is 6.07 Å². The van der Waals surface area contributed by atoms with Gasteiger partial charge in [0.2, 0.25) is 5.95 Å². The lowest BCUT2D eigenvalue weighted by Gasteiger charge is -2.09. The second-order valence-corrected chi connectivity index (χ2v) is 4.37. The van der Waals surface area contributed by atoms with Gasteiger partial charge >= 0.3 is 0 Å². The number of fused-ring (bicyclic) bond motifs is 1. The number of aromatic amines is 1. The van der Waals surface area contributed by atoms with E-state index in [0.717, 1.165) is 12.8 Å². The molecule has 7 nitrogen and oxygen atoms in total. The Morgan fingerprint density at radius 1 is 1.58 bits per heavy atom. The molecule has 0 amide bonds. The van der Waals surface area contributed by atoms with Crippen LogP contribution in [-0.2, 0) is 0 Å². The van der Waals surface area contributed by atoms with Gasteiger partial charge in [0.15, 0.2) is 0 Å². The predicted octanol–water partition coefficient (Wildman–Crippen LogP) is 2.04. The SMILES string of the molecule is CCCC(O)CNc1nc2ccc([N+](=O)[O-])cc2[nH]1. The van der Waals surface area contributed by atoms with Gasteiger partial charge in [-0.2, -0.15) is 0 Å². The van der Waals surface area contributed by atoms with Crippen molar-refractivity contribution >= 4 is 22.7 Å². The van der Waals surface area contributed by atoms with Crippen LogP contribution in [0.3, 0.4) is 0 Å². The predicted molar refractivity (Wildman–Crippen MR) is 72.2 cm³/mol. The maximum Gasteiger partial charge on any atom is 0.271 e. The normalized spacial score (nSPS) is 12.5. The number of rotatable bonds is 6. The second-order valence-electron chi connectivity index (χ2n) is 4.37. The molecule has 0 aliphatic rings. The Labute approximate surface area is 109 Å². The van der Waals surface area contributed by atoms with Gasteiger partial charge in [0.05, 0.1) is 22.1 Å². The van der Waals surface area contributed by atoms with Crippen molar-refractivity contribution in [2.45, 2.75) is 25.9 Å². The first kappa shape index (κ1) is 13.3. The van der Waals surface area contributed by atoms with Crippen LogP contribution in [0.2, 0.25) is 0 Å². The van der Waals surface area contributed by atoms with Crippen LogP contribution in [0.4, 0.5) is 11.6 Å². The van der Waals surface area contributed by atoms with Crippen molar-refractivity contribution in [1.82, 2.24) is 9.97 Å². The Hall–Kier alpha value is -2.15. The summed E-state index contributed by atoms with van der Waals surface area (Å²) in [4.78, 5) is 17.4. The summed E-state index contributed by atoms with van der Waals surface area (Å²) in [5.41, 5.74) is 1.27. The standard InChI is InChI=1S/C12H16N4O3/c1-2-3-9(17)7-13-12-14-10-5-4-8(16(18)19)6-11(10)15-12/h4-6,9,17H,2-3,7H2,1H3,(H2,13,14,15). The summed E-state index contributed by atoms with van der Waals surface area (Å²) in [6.45, 7) is 2.40. The second kappa shape index (κ2) is 5.66. The molecular formula is C12H16N4O3. The van der Waals surface area contributed by atoms with E-state index in [4.69, 9.17) is 0 Å². The lowest BCUT2D eigenvalue weighted by atomic mass is 10.2. The summed E-state index contributed by atoms with van der Waals surface area (Å²) < 4.78 is 0.